The molecule has 0 bridgehead atoms. The molecule has 2 amide bonds. The number of carbonyl (C=O) groups excluding carboxylic acids is 1. The highest BCUT2D eigenvalue weighted by molar-refractivity contribution is 7.07. The second-order valence-electron chi connectivity index (χ2n) is 5.33. The standard InChI is InChI=1S/C16H20ClN3OS/c1-11-4-5-13(17)8-14(11)19-16(21)18-9-15(20(2)3)12-6-7-22-10-12/h4-8,10,15H,9H2,1-3H3,(H2,18,19,21). The molecule has 0 saturated carbocycles. The van der Waals surface area contributed by atoms with Gasteiger partial charge in [-0.2, -0.15) is 11.3 Å². The van der Waals surface area contributed by atoms with Gasteiger partial charge in [-0.05, 0) is 61.1 Å². The Hall–Kier alpha value is -1.56. The molecule has 0 spiro atoms. The molecule has 1 aromatic heterocycles. The van der Waals surface area contributed by atoms with Crippen LogP contribution in [0.3, 0.4) is 0 Å². The zero-order valence-corrected chi connectivity index (χ0v) is 14.5. The van der Waals surface area contributed by atoms with Crippen LogP contribution in [0, 0.1) is 6.92 Å². The van der Waals surface area contributed by atoms with Crippen molar-refractivity contribution in [1.82, 2.24) is 10.2 Å². The molecule has 0 saturated heterocycles. The van der Waals surface area contributed by atoms with Crippen LogP contribution in [0.25, 0.3) is 0 Å². The summed E-state index contributed by atoms with van der Waals surface area (Å²) >= 11 is 7.62. The van der Waals surface area contributed by atoms with Crippen molar-refractivity contribution < 1.29 is 4.79 Å². The monoisotopic (exact) mass is 337 g/mol. The lowest BCUT2D eigenvalue weighted by molar-refractivity contribution is 0.243. The average Bonchev–Trinajstić information content (AvgIpc) is 2.96. The maximum absolute atomic E-state index is 12.1. The van der Waals surface area contributed by atoms with Crippen LogP contribution in [0.1, 0.15) is 17.2 Å². The predicted molar refractivity (Wildman–Crippen MR) is 94.0 cm³/mol. The third-order valence-electron chi connectivity index (χ3n) is 3.46. The number of urea groups is 1. The number of anilines is 1. The maximum atomic E-state index is 12.1. The Morgan fingerprint density at radius 3 is 2.77 bits per heavy atom. The van der Waals surface area contributed by atoms with Gasteiger partial charge in [0.05, 0.1) is 6.04 Å². The number of amides is 2. The quantitative estimate of drug-likeness (QED) is 0.861. The van der Waals surface area contributed by atoms with Crippen LogP contribution in [0.2, 0.25) is 5.02 Å². The van der Waals surface area contributed by atoms with Crippen LogP contribution in [0.5, 0.6) is 0 Å². The van der Waals surface area contributed by atoms with E-state index in [9.17, 15) is 4.79 Å². The summed E-state index contributed by atoms with van der Waals surface area (Å²) in [5.74, 6) is 0. The lowest BCUT2D eigenvalue weighted by Gasteiger charge is -2.24. The van der Waals surface area contributed by atoms with E-state index in [0.29, 0.717) is 11.6 Å². The molecule has 1 aromatic carbocycles. The molecule has 1 heterocycles. The van der Waals surface area contributed by atoms with Gasteiger partial charge < -0.3 is 15.5 Å². The van der Waals surface area contributed by atoms with Crippen molar-refractivity contribution in [3.63, 3.8) is 0 Å². The first kappa shape index (κ1) is 16.8. The number of likely N-dealkylation sites (N-methyl/N-ethyl adjacent to an activating group) is 1. The SMILES string of the molecule is Cc1ccc(Cl)cc1NC(=O)NCC(c1ccsc1)N(C)C. The summed E-state index contributed by atoms with van der Waals surface area (Å²) in [6.45, 7) is 2.47. The minimum absolute atomic E-state index is 0.150. The second-order valence-corrected chi connectivity index (χ2v) is 6.55. The predicted octanol–water partition coefficient (Wildman–Crippen LogP) is 4.13. The molecule has 6 heteroatoms. The van der Waals surface area contributed by atoms with E-state index in [-0.39, 0.29) is 12.1 Å². The van der Waals surface area contributed by atoms with E-state index >= 15 is 0 Å². The van der Waals surface area contributed by atoms with Crippen molar-refractivity contribution in [1.29, 1.82) is 0 Å². The largest absolute Gasteiger partial charge is 0.336 e. The number of carbonyl (C=O) groups is 1. The van der Waals surface area contributed by atoms with Crippen molar-refractivity contribution in [2.24, 2.45) is 0 Å². The number of rotatable bonds is 5. The molecular formula is C16H20ClN3OS. The number of hydrogen-bond acceptors (Lipinski definition) is 3. The van der Waals surface area contributed by atoms with Crippen molar-refractivity contribution in [2.45, 2.75) is 13.0 Å². The highest BCUT2D eigenvalue weighted by atomic mass is 35.5. The minimum Gasteiger partial charge on any atom is -0.336 e. The number of thiophene rings is 1. The lowest BCUT2D eigenvalue weighted by atomic mass is 10.1. The lowest BCUT2D eigenvalue weighted by Crippen LogP contribution is -2.36. The first-order valence-electron chi connectivity index (χ1n) is 6.97. The number of hydrogen-bond donors (Lipinski definition) is 2. The fourth-order valence-electron chi connectivity index (χ4n) is 2.15. The molecule has 0 radical (unpaired) electrons. The van der Waals surface area contributed by atoms with Gasteiger partial charge in [0.15, 0.2) is 0 Å². The second kappa shape index (κ2) is 7.63. The number of nitrogens with one attached hydrogen (secondary N) is 2. The van der Waals surface area contributed by atoms with Gasteiger partial charge in [0, 0.05) is 17.3 Å². The minimum atomic E-state index is -0.229. The van der Waals surface area contributed by atoms with Gasteiger partial charge >= 0.3 is 6.03 Å². The third-order valence-corrected chi connectivity index (χ3v) is 4.39. The van der Waals surface area contributed by atoms with Gasteiger partial charge in [-0.15, -0.1) is 0 Å². The van der Waals surface area contributed by atoms with Gasteiger partial charge in [0.25, 0.3) is 0 Å². The summed E-state index contributed by atoms with van der Waals surface area (Å²) < 4.78 is 0. The molecule has 22 heavy (non-hydrogen) atoms. The summed E-state index contributed by atoms with van der Waals surface area (Å²) in [4.78, 5) is 14.2. The van der Waals surface area contributed by atoms with Crippen molar-refractivity contribution in [2.75, 3.05) is 26.0 Å². The summed E-state index contributed by atoms with van der Waals surface area (Å²) in [6.07, 6.45) is 0. The number of aryl methyl sites for hydroxylation is 1. The van der Waals surface area contributed by atoms with Crippen LogP contribution in [0.4, 0.5) is 10.5 Å². The Morgan fingerprint density at radius 1 is 1.36 bits per heavy atom. The van der Waals surface area contributed by atoms with E-state index in [0.717, 1.165) is 11.3 Å². The fourth-order valence-corrected chi connectivity index (χ4v) is 3.03. The molecule has 118 valence electrons. The first-order valence-corrected chi connectivity index (χ1v) is 8.29. The Balaban J connectivity index is 1.95. The summed E-state index contributed by atoms with van der Waals surface area (Å²) in [5.41, 5.74) is 2.90. The molecule has 2 N–H and O–H groups in total. The summed E-state index contributed by atoms with van der Waals surface area (Å²) in [6, 6.07) is 7.43. The van der Waals surface area contributed by atoms with Crippen LogP contribution in [-0.2, 0) is 0 Å². The van der Waals surface area contributed by atoms with Crippen molar-refractivity contribution in [3.05, 3.63) is 51.2 Å². The Labute approximate surface area is 140 Å². The van der Waals surface area contributed by atoms with Gasteiger partial charge in [-0.25, -0.2) is 4.79 Å². The highest BCUT2D eigenvalue weighted by Gasteiger charge is 2.15. The molecule has 1 atom stereocenters. The smallest absolute Gasteiger partial charge is 0.319 e. The molecule has 0 aliphatic heterocycles. The Morgan fingerprint density at radius 2 is 2.14 bits per heavy atom. The normalized spacial score (nSPS) is 12.2. The van der Waals surface area contributed by atoms with E-state index in [1.54, 1.807) is 23.5 Å². The topological polar surface area (TPSA) is 44.4 Å². The Bertz CT molecular complexity index is 628. The van der Waals surface area contributed by atoms with Crippen LogP contribution < -0.4 is 10.6 Å². The zero-order chi connectivity index (χ0) is 16.1. The van der Waals surface area contributed by atoms with E-state index in [2.05, 4.69) is 27.0 Å². The molecule has 0 aliphatic carbocycles. The van der Waals surface area contributed by atoms with Crippen molar-refractivity contribution in [3.8, 4) is 0 Å². The molecule has 1 unspecified atom stereocenters. The van der Waals surface area contributed by atoms with Crippen LogP contribution in [-0.4, -0.2) is 31.6 Å². The zero-order valence-electron chi connectivity index (χ0n) is 12.9. The number of nitrogens with zero attached hydrogens (tertiary/aromatic N) is 1. The summed E-state index contributed by atoms with van der Waals surface area (Å²) in [7, 11) is 4.01. The van der Waals surface area contributed by atoms with E-state index in [4.69, 9.17) is 11.6 Å². The van der Waals surface area contributed by atoms with E-state index in [1.807, 2.05) is 32.5 Å². The first-order chi connectivity index (χ1) is 10.5. The third kappa shape index (κ3) is 4.47. The van der Waals surface area contributed by atoms with Gasteiger partial charge in [0.2, 0.25) is 0 Å². The Kier molecular flexibility index (Phi) is 5.83. The molecule has 2 aromatic rings. The number of halogens is 1. The van der Waals surface area contributed by atoms with Crippen molar-refractivity contribution >= 4 is 34.7 Å². The fraction of sp³-hybridized carbons (Fsp3) is 0.312. The average molecular weight is 338 g/mol. The van der Waals surface area contributed by atoms with Crippen LogP contribution >= 0.6 is 22.9 Å². The van der Waals surface area contributed by atoms with E-state index < -0.39 is 0 Å². The maximum Gasteiger partial charge on any atom is 0.319 e. The molecule has 0 fully saturated rings. The summed E-state index contributed by atoms with van der Waals surface area (Å²) in [5, 5.41) is 10.5. The molecule has 0 aliphatic rings. The van der Waals surface area contributed by atoms with Gasteiger partial charge in [0.1, 0.15) is 0 Å². The number of benzene rings is 1. The van der Waals surface area contributed by atoms with Crippen LogP contribution in [0.15, 0.2) is 35.0 Å². The molecule has 2 rings (SSSR count). The molecule has 4 nitrogen and oxygen atoms in total. The van der Waals surface area contributed by atoms with E-state index in [1.165, 1.54) is 5.56 Å². The van der Waals surface area contributed by atoms with Gasteiger partial charge in [-0.3, -0.25) is 0 Å². The van der Waals surface area contributed by atoms with Gasteiger partial charge in [-0.1, -0.05) is 17.7 Å². The highest BCUT2D eigenvalue weighted by Crippen LogP contribution is 2.21. The molecular weight excluding hydrogens is 318 g/mol.